The van der Waals surface area contributed by atoms with Crippen molar-refractivity contribution in [1.82, 2.24) is 4.90 Å². The normalized spacial score (nSPS) is 15.7. The van der Waals surface area contributed by atoms with Gasteiger partial charge >= 0.3 is 6.09 Å². The van der Waals surface area contributed by atoms with Crippen LogP contribution in [0.1, 0.15) is 56.7 Å². The number of likely N-dealkylation sites (tertiary alicyclic amines) is 1. The van der Waals surface area contributed by atoms with Crippen molar-refractivity contribution in [1.29, 1.82) is 0 Å². The summed E-state index contributed by atoms with van der Waals surface area (Å²) < 4.78 is 36.0. The van der Waals surface area contributed by atoms with Gasteiger partial charge in [0.2, 0.25) is 0 Å². The van der Waals surface area contributed by atoms with Gasteiger partial charge in [-0.15, -0.1) is 0 Å². The maximum atomic E-state index is 15.0. The molecule has 1 saturated heterocycles. The zero-order valence-corrected chi connectivity index (χ0v) is 21.0. The Morgan fingerprint density at radius 2 is 1.75 bits per heavy atom. The van der Waals surface area contributed by atoms with E-state index in [0.29, 0.717) is 23.5 Å². The fourth-order valence-corrected chi connectivity index (χ4v) is 4.67. The van der Waals surface area contributed by atoms with Crippen LogP contribution in [0.3, 0.4) is 0 Å². The molecule has 0 saturated carbocycles. The lowest BCUT2D eigenvalue weighted by atomic mass is 9.90. The van der Waals surface area contributed by atoms with Gasteiger partial charge in [-0.1, -0.05) is 57.9 Å². The molecule has 7 heteroatoms. The van der Waals surface area contributed by atoms with Crippen molar-refractivity contribution in [3.05, 3.63) is 68.7 Å². The zero-order chi connectivity index (χ0) is 23.5. The Kier molecular flexibility index (Phi) is 7.87. The van der Waals surface area contributed by atoms with Gasteiger partial charge in [0, 0.05) is 28.7 Å². The van der Waals surface area contributed by atoms with Crippen LogP contribution in [0.4, 0.5) is 13.6 Å². The SMILES string of the molecule is CC(C)(C)OC(=O)N1CCC(CCc2ccc(C(F)(F)c3ccc(Br)cc3Cl)cc2)CC1. The minimum Gasteiger partial charge on any atom is -0.444 e. The number of ether oxygens (including phenoxy) is 1. The molecule has 0 spiro atoms. The summed E-state index contributed by atoms with van der Waals surface area (Å²) in [7, 11) is 0. The molecule has 0 aliphatic carbocycles. The molecule has 0 N–H and O–H groups in total. The molecular weight excluding hydrogens is 500 g/mol. The summed E-state index contributed by atoms with van der Waals surface area (Å²) in [5, 5.41) is 0.0335. The average molecular weight is 529 g/mol. The number of carbonyl (C=O) groups excluding carboxylic acids is 1. The number of amides is 1. The Hall–Kier alpha value is -1.66. The molecule has 1 fully saturated rings. The second kappa shape index (κ2) is 10.1. The predicted molar refractivity (Wildman–Crippen MR) is 127 cm³/mol. The van der Waals surface area contributed by atoms with E-state index in [9.17, 15) is 13.6 Å². The van der Waals surface area contributed by atoms with E-state index >= 15 is 0 Å². The third kappa shape index (κ3) is 6.44. The van der Waals surface area contributed by atoms with Gasteiger partial charge in [-0.25, -0.2) is 4.79 Å². The van der Waals surface area contributed by atoms with Crippen LogP contribution < -0.4 is 0 Å². The molecule has 3 rings (SSSR count). The monoisotopic (exact) mass is 527 g/mol. The van der Waals surface area contributed by atoms with E-state index in [-0.39, 0.29) is 22.2 Å². The van der Waals surface area contributed by atoms with Gasteiger partial charge in [-0.3, -0.25) is 0 Å². The molecule has 0 radical (unpaired) electrons. The highest BCUT2D eigenvalue weighted by Gasteiger charge is 2.36. The minimum atomic E-state index is -3.16. The molecule has 0 atom stereocenters. The van der Waals surface area contributed by atoms with E-state index in [1.165, 1.54) is 24.3 Å². The molecule has 0 bridgehead atoms. The van der Waals surface area contributed by atoms with Gasteiger partial charge in [0.25, 0.3) is 5.92 Å². The Morgan fingerprint density at radius 3 is 2.31 bits per heavy atom. The molecule has 1 heterocycles. The molecule has 1 aliphatic rings. The van der Waals surface area contributed by atoms with Crippen molar-refractivity contribution >= 4 is 33.6 Å². The largest absolute Gasteiger partial charge is 0.444 e. The molecule has 174 valence electrons. The first-order valence-corrected chi connectivity index (χ1v) is 12.0. The highest BCUT2D eigenvalue weighted by atomic mass is 79.9. The molecule has 1 aliphatic heterocycles. The molecule has 0 unspecified atom stereocenters. The van der Waals surface area contributed by atoms with Gasteiger partial charge in [0.05, 0.1) is 5.02 Å². The molecule has 2 aromatic carbocycles. The number of rotatable bonds is 5. The number of benzene rings is 2. The predicted octanol–water partition coefficient (Wildman–Crippen LogP) is 7.82. The number of aryl methyl sites for hydroxylation is 1. The maximum Gasteiger partial charge on any atom is 0.410 e. The minimum absolute atomic E-state index is 0.0335. The molecular formula is C25H29BrClF2NO2. The molecule has 0 aromatic heterocycles. The molecule has 32 heavy (non-hydrogen) atoms. The van der Waals surface area contributed by atoms with Crippen molar-refractivity contribution < 1.29 is 18.3 Å². The first kappa shape index (κ1) is 25.0. The summed E-state index contributed by atoms with van der Waals surface area (Å²) in [6, 6.07) is 10.9. The van der Waals surface area contributed by atoms with E-state index in [4.69, 9.17) is 16.3 Å². The van der Waals surface area contributed by atoms with Crippen molar-refractivity contribution in [2.24, 2.45) is 5.92 Å². The first-order valence-electron chi connectivity index (χ1n) is 10.9. The third-order valence-corrected chi connectivity index (χ3v) is 6.50. The van der Waals surface area contributed by atoms with Crippen LogP contribution in [0.25, 0.3) is 0 Å². The summed E-state index contributed by atoms with van der Waals surface area (Å²) in [4.78, 5) is 14.0. The van der Waals surface area contributed by atoms with Crippen LogP contribution in [0.2, 0.25) is 5.02 Å². The second-order valence-electron chi connectivity index (χ2n) is 9.34. The lowest BCUT2D eigenvalue weighted by Crippen LogP contribution is -2.41. The van der Waals surface area contributed by atoms with Crippen LogP contribution in [-0.4, -0.2) is 29.7 Å². The third-order valence-electron chi connectivity index (χ3n) is 5.69. The smallest absolute Gasteiger partial charge is 0.410 e. The Morgan fingerprint density at radius 1 is 1.12 bits per heavy atom. The maximum absolute atomic E-state index is 15.0. The topological polar surface area (TPSA) is 29.5 Å². The van der Waals surface area contributed by atoms with E-state index in [1.807, 2.05) is 20.8 Å². The number of nitrogens with zero attached hydrogens (tertiary/aromatic N) is 1. The Bertz CT molecular complexity index is 936. The van der Waals surface area contributed by atoms with Crippen LogP contribution in [-0.2, 0) is 17.1 Å². The summed E-state index contributed by atoms with van der Waals surface area (Å²) in [6.07, 6.45) is 3.39. The fourth-order valence-electron chi connectivity index (χ4n) is 3.88. The molecule has 2 aromatic rings. The highest BCUT2D eigenvalue weighted by molar-refractivity contribution is 9.10. The van der Waals surface area contributed by atoms with Crippen LogP contribution in [0.15, 0.2) is 46.9 Å². The Balaban J connectivity index is 1.53. The van der Waals surface area contributed by atoms with Crippen LogP contribution >= 0.6 is 27.5 Å². The number of alkyl halides is 2. The fraction of sp³-hybridized carbons (Fsp3) is 0.480. The quantitative estimate of drug-likeness (QED) is 0.396. The van der Waals surface area contributed by atoms with Gasteiger partial charge < -0.3 is 9.64 Å². The van der Waals surface area contributed by atoms with Gasteiger partial charge in [-0.05, 0) is 70.1 Å². The molecule has 1 amide bonds. The number of piperidine rings is 1. The number of hydrogen-bond donors (Lipinski definition) is 0. The second-order valence-corrected chi connectivity index (χ2v) is 10.7. The number of carbonyl (C=O) groups is 1. The van der Waals surface area contributed by atoms with Crippen LogP contribution in [0.5, 0.6) is 0 Å². The van der Waals surface area contributed by atoms with Gasteiger partial charge in [0.1, 0.15) is 5.60 Å². The average Bonchev–Trinajstić information content (AvgIpc) is 2.71. The highest BCUT2D eigenvalue weighted by Crippen LogP contribution is 2.40. The summed E-state index contributed by atoms with van der Waals surface area (Å²) in [5.74, 6) is -2.65. The first-order chi connectivity index (χ1) is 15.0. The van der Waals surface area contributed by atoms with E-state index in [2.05, 4.69) is 15.9 Å². The van der Waals surface area contributed by atoms with E-state index < -0.39 is 11.5 Å². The summed E-state index contributed by atoms with van der Waals surface area (Å²) in [6.45, 7) is 6.99. The Labute approximate surface area is 202 Å². The van der Waals surface area contributed by atoms with Crippen molar-refractivity contribution in [2.75, 3.05) is 13.1 Å². The number of hydrogen-bond acceptors (Lipinski definition) is 2. The van der Waals surface area contributed by atoms with Crippen LogP contribution in [0, 0.1) is 5.92 Å². The zero-order valence-electron chi connectivity index (χ0n) is 18.6. The van der Waals surface area contributed by atoms with Gasteiger partial charge in [-0.2, -0.15) is 8.78 Å². The standard InChI is InChI=1S/C25H29BrClF2NO2/c1-24(2,3)32-23(31)30-14-12-18(13-15-30)5-4-17-6-8-19(9-7-17)25(28,29)21-11-10-20(26)16-22(21)27/h6-11,16,18H,4-5,12-15H2,1-3H3. The van der Waals surface area contributed by atoms with Crippen molar-refractivity contribution in [2.45, 2.75) is 58.0 Å². The summed E-state index contributed by atoms with van der Waals surface area (Å²) >= 11 is 9.30. The van der Waals surface area contributed by atoms with Crippen molar-refractivity contribution in [3.63, 3.8) is 0 Å². The van der Waals surface area contributed by atoms with Crippen molar-refractivity contribution in [3.8, 4) is 0 Å². The summed E-state index contributed by atoms with van der Waals surface area (Å²) in [5.41, 5.74) is 0.267. The van der Waals surface area contributed by atoms with E-state index in [1.54, 1.807) is 23.1 Å². The van der Waals surface area contributed by atoms with Gasteiger partial charge in [0.15, 0.2) is 0 Å². The molecule has 3 nitrogen and oxygen atoms in total. The number of halogens is 4. The van der Waals surface area contributed by atoms with E-state index in [0.717, 1.165) is 31.2 Å². The lowest BCUT2D eigenvalue weighted by Gasteiger charge is -2.33. The lowest BCUT2D eigenvalue weighted by molar-refractivity contribution is 0.0181.